The number of aliphatic imine (C=N–C) groups is 1. The molecule has 2 saturated carbocycles. The SMILES string of the molecule is CC1CN=C(NCC2CCCC2C2CC2)N1. The summed E-state index contributed by atoms with van der Waals surface area (Å²) in [5.41, 5.74) is 0. The lowest BCUT2D eigenvalue weighted by Gasteiger charge is -2.20. The number of guanidine groups is 1. The van der Waals surface area contributed by atoms with Crippen LogP contribution < -0.4 is 10.6 Å². The normalized spacial score (nSPS) is 38.3. The topological polar surface area (TPSA) is 36.4 Å². The first-order valence-electron chi connectivity index (χ1n) is 6.88. The summed E-state index contributed by atoms with van der Waals surface area (Å²) in [5.74, 6) is 4.04. The highest BCUT2D eigenvalue weighted by Gasteiger charge is 2.39. The Balaban J connectivity index is 1.47. The summed E-state index contributed by atoms with van der Waals surface area (Å²) in [7, 11) is 0. The number of hydrogen-bond donors (Lipinski definition) is 2. The van der Waals surface area contributed by atoms with Crippen LogP contribution in [0, 0.1) is 17.8 Å². The molecule has 2 N–H and O–H groups in total. The molecule has 0 aromatic heterocycles. The standard InChI is InChI=1S/C13H23N3/c1-9-7-14-13(16-9)15-8-11-3-2-4-12(11)10-5-6-10/h9-12H,2-8H2,1H3,(H2,14,15,16). The van der Waals surface area contributed by atoms with Crippen molar-refractivity contribution in [3.05, 3.63) is 0 Å². The summed E-state index contributed by atoms with van der Waals surface area (Å²) in [4.78, 5) is 4.46. The monoisotopic (exact) mass is 221 g/mol. The van der Waals surface area contributed by atoms with Gasteiger partial charge in [0.1, 0.15) is 0 Å². The maximum atomic E-state index is 4.46. The van der Waals surface area contributed by atoms with Crippen molar-refractivity contribution in [2.75, 3.05) is 13.1 Å². The largest absolute Gasteiger partial charge is 0.356 e. The van der Waals surface area contributed by atoms with E-state index in [4.69, 9.17) is 0 Å². The van der Waals surface area contributed by atoms with Gasteiger partial charge in [-0.1, -0.05) is 6.42 Å². The third-order valence-corrected chi connectivity index (χ3v) is 4.38. The predicted octanol–water partition coefficient (Wildman–Crippen LogP) is 1.75. The minimum absolute atomic E-state index is 0.519. The van der Waals surface area contributed by atoms with E-state index in [9.17, 15) is 0 Å². The second kappa shape index (κ2) is 4.27. The Bertz CT molecular complexity index is 283. The molecule has 0 spiro atoms. The maximum Gasteiger partial charge on any atom is 0.191 e. The molecule has 3 rings (SSSR count). The van der Waals surface area contributed by atoms with E-state index < -0.39 is 0 Å². The van der Waals surface area contributed by atoms with Crippen molar-refractivity contribution < 1.29 is 0 Å². The fourth-order valence-corrected chi connectivity index (χ4v) is 3.35. The highest BCUT2D eigenvalue weighted by Crippen LogP contribution is 2.47. The number of nitrogens with one attached hydrogen (secondary N) is 2. The van der Waals surface area contributed by atoms with Gasteiger partial charge in [-0.15, -0.1) is 0 Å². The van der Waals surface area contributed by atoms with Gasteiger partial charge in [0.05, 0.1) is 6.54 Å². The number of hydrogen-bond acceptors (Lipinski definition) is 3. The Labute approximate surface area is 98.1 Å². The van der Waals surface area contributed by atoms with Gasteiger partial charge in [0.15, 0.2) is 5.96 Å². The van der Waals surface area contributed by atoms with Crippen LogP contribution in [-0.2, 0) is 0 Å². The minimum Gasteiger partial charge on any atom is -0.356 e. The van der Waals surface area contributed by atoms with Crippen LogP contribution in [0.1, 0.15) is 39.0 Å². The molecule has 0 bridgehead atoms. The van der Waals surface area contributed by atoms with E-state index in [1.54, 1.807) is 0 Å². The van der Waals surface area contributed by atoms with Crippen LogP contribution >= 0.6 is 0 Å². The molecule has 90 valence electrons. The summed E-state index contributed by atoms with van der Waals surface area (Å²) in [6.45, 7) is 4.25. The van der Waals surface area contributed by atoms with Gasteiger partial charge in [-0.25, -0.2) is 0 Å². The molecule has 1 heterocycles. The lowest BCUT2D eigenvalue weighted by Crippen LogP contribution is -2.40. The number of rotatable bonds is 3. The zero-order valence-corrected chi connectivity index (χ0v) is 10.2. The van der Waals surface area contributed by atoms with Gasteiger partial charge in [0, 0.05) is 12.6 Å². The zero-order valence-electron chi connectivity index (χ0n) is 10.2. The van der Waals surface area contributed by atoms with E-state index in [0.29, 0.717) is 6.04 Å². The first-order chi connectivity index (χ1) is 7.83. The van der Waals surface area contributed by atoms with Gasteiger partial charge in [0.2, 0.25) is 0 Å². The zero-order chi connectivity index (χ0) is 11.0. The van der Waals surface area contributed by atoms with Crippen molar-refractivity contribution in [3.8, 4) is 0 Å². The molecule has 16 heavy (non-hydrogen) atoms. The molecular weight excluding hydrogens is 198 g/mol. The molecule has 3 unspecified atom stereocenters. The molecule has 0 saturated heterocycles. The van der Waals surface area contributed by atoms with Crippen LogP contribution in [0.5, 0.6) is 0 Å². The van der Waals surface area contributed by atoms with Crippen LogP contribution in [0.4, 0.5) is 0 Å². The molecule has 0 radical (unpaired) electrons. The van der Waals surface area contributed by atoms with Crippen LogP contribution in [0.2, 0.25) is 0 Å². The quantitative estimate of drug-likeness (QED) is 0.762. The molecule has 3 atom stereocenters. The fraction of sp³-hybridized carbons (Fsp3) is 0.923. The smallest absolute Gasteiger partial charge is 0.191 e. The Morgan fingerprint density at radius 2 is 2.19 bits per heavy atom. The molecule has 0 aromatic rings. The Kier molecular flexibility index (Phi) is 2.78. The Morgan fingerprint density at radius 1 is 1.31 bits per heavy atom. The Hall–Kier alpha value is -0.730. The van der Waals surface area contributed by atoms with Crippen molar-refractivity contribution in [2.24, 2.45) is 22.7 Å². The summed E-state index contributed by atoms with van der Waals surface area (Å²) >= 11 is 0. The lowest BCUT2D eigenvalue weighted by molar-refractivity contribution is 0.343. The van der Waals surface area contributed by atoms with E-state index in [1.165, 1.54) is 32.1 Å². The summed E-state index contributed by atoms with van der Waals surface area (Å²) in [5, 5.41) is 6.88. The Morgan fingerprint density at radius 3 is 2.88 bits per heavy atom. The third-order valence-electron chi connectivity index (χ3n) is 4.38. The molecule has 3 nitrogen and oxygen atoms in total. The van der Waals surface area contributed by atoms with Gasteiger partial charge in [-0.2, -0.15) is 0 Å². The predicted molar refractivity (Wildman–Crippen MR) is 66.5 cm³/mol. The van der Waals surface area contributed by atoms with Gasteiger partial charge in [-0.3, -0.25) is 4.99 Å². The van der Waals surface area contributed by atoms with Crippen LogP contribution in [0.3, 0.4) is 0 Å². The highest BCUT2D eigenvalue weighted by atomic mass is 15.2. The second-order valence-corrected chi connectivity index (χ2v) is 5.81. The van der Waals surface area contributed by atoms with E-state index in [0.717, 1.165) is 36.8 Å². The van der Waals surface area contributed by atoms with Crippen molar-refractivity contribution in [1.29, 1.82) is 0 Å². The van der Waals surface area contributed by atoms with Crippen molar-refractivity contribution >= 4 is 5.96 Å². The van der Waals surface area contributed by atoms with E-state index >= 15 is 0 Å². The average Bonchev–Trinajstić information content (AvgIpc) is 2.86. The summed E-state index contributed by atoms with van der Waals surface area (Å²) in [6, 6.07) is 0.519. The molecule has 0 amide bonds. The molecule has 0 aromatic carbocycles. The molecule has 2 fully saturated rings. The van der Waals surface area contributed by atoms with Crippen LogP contribution in [0.15, 0.2) is 4.99 Å². The molecule has 1 aliphatic heterocycles. The second-order valence-electron chi connectivity index (χ2n) is 5.81. The fourth-order valence-electron chi connectivity index (χ4n) is 3.35. The van der Waals surface area contributed by atoms with Gasteiger partial charge < -0.3 is 10.6 Å². The van der Waals surface area contributed by atoms with Gasteiger partial charge in [-0.05, 0) is 50.4 Å². The summed E-state index contributed by atoms with van der Waals surface area (Å²) < 4.78 is 0. The van der Waals surface area contributed by atoms with Crippen molar-refractivity contribution in [2.45, 2.75) is 45.1 Å². The first kappa shape index (κ1) is 10.4. The summed E-state index contributed by atoms with van der Waals surface area (Å²) in [6.07, 6.45) is 7.35. The molecule has 2 aliphatic carbocycles. The third kappa shape index (κ3) is 2.18. The maximum absolute atomic E-state index is 4.46. The highest BCUT2D eigenvalue weighted by molar-refractivity contribution is 5.81. The van der Waals surface area contributed by atoms with Gasteiger partial charge >= 0.3 is 0 Å². The van der Waals surface area contributed by atoms with Crippen molar-refractivity contribution in [1.82, 2.24) is 10.6 Å². The average molecular weight is 221 g/mol. The first-order valence-corrected chi connectivity index (χ1v) is 6.88. The lowest BCUT2D eigenvalue weighted by atomic mass is 9.91. The van der Waals surface area contributed by atoms with Crippen LogP contribution in [0.25, 0.3) is 0 Å². The van der Waals surface area contributed by atoms with Crippen molar-refractivity contribution in [3.63, 3.8) is 0 Å². The molecular formula is C13H23N3. The minimum atomic E-state index is 0.519. The number of nitrogens with zero attached hydrogens (tertiary/aromatic N) is 1. The van der Waals surface area contributed by atoms with E-state index in [-0.39, 0.29) is 0 Å². The molecule has 3 heteroatoms. The van der Waals surface area contributed by atoms with Crippen LogP contribution in [-0.4, -0.2) is 25.1 Å². The van der Waals surface area contributed by atoms with E-state index in [1.807, 2.05) is 0 Å². The molecule has 3 aliphatic rings. The van der Waals surface area contributed by atoms with E-state index in [2.05, 4.69) is 22.5 Å². The van der Waals surface area contributed by atoms with Gasteiger partial charge in [0.25, 0.3) is 0 Å².